The van der Waals surface area contributed by atoms with E-state index in [1.807, 2.05) is 6.92 Å². The van der Waals surface area contributed by atoms with Crippen molar-refractivity contribution in [3.8, 4) is 0 Å². The molecule has 0 saturated carbocycles. The quantitative estimate of drug-likeness (QED) is 0.785. The van der Waals surface area contributed by atoms with Gasteiger partial charge in [-0.15, -0.1) is 0 Å². The molecule has 4 nitrogen and oxygen atoms in total. The molecule has 0 spiro atoms. The van der Waals surface area contributed by atoms with E-state index in [0.29, 0.717) is 5.92 Å². The van der Waals surface area contributed by atoms with Gasteiger partial charge in [-0.3, -0.25) is 0 Å². The summed E-state index contributed by atoms with van der Waals surface area (Å²) in [5, 5.41) is 0. The first-order chi connectivity index (χ1) is 6.75. The highest BCUT2D eigenvalue weighted by Gasteiger charge is 2.22. The van der Waals surface area contributed by atoms with Crippen LogP contribution in [0.25, 0.3) is 0 Å². The Morgan fingerprint density at radius 1 is 1.71 bits per heavy atom. The molecule has 2 heterocycles. The first kappa shape index (κ1) is 9.68. The van der Waals surface area contributed by atoms with E-state index in [2.05, 4.69) is 4.98 Å². The number of nitrogens with zero attached hydrogens (tertiary/aromatic N) is 1. The lowest BCUT2D eigenvalue weighted by Crippen LogP contribution is -2.17. The van der Waals surface area contributed by atoms with Crippen molar-refractivity contribution in [1.29, 1.82) is 0 Å². The lowest BCUT2D eigenvalue weighted by molar-refractivity contribution is 0.190. The molecular formula is C10H16N2O2. The summed E-state index contributed by atoms with van der Waals surface area (Å²) in [7, 11) is 0. The minimum absolute atomic E-state index is 0.121. The smallest absolute Gasteiger partial charge is 0.199 e. The van der Waals surface area contributed by atoms with Gasteiger partial charge < -0.3 is 14.9 Å². The fourth-order valence-electron chi connectivity index (χ4n) is 1.65. The van der Waals surface area contributed by atoms with Crippen LogP contribution in [0.1, 0.15) is 30.9 Å². The van der Waals surface area contributed by atoms with Crippen LogP contribution in [-0.4, -0.2) is 24.2 Å². The van der Waals surface area contributed by atoms with E-state index in [9.17, 15) is 0 Å². The molecule has 1 aromatic heterocycles. The molecule has 0 radical (unpaired) electrons. The van der Waals surface area contributed by atoms with Crippen molar-refractivity contribution >= 4 is 0 Å². The third kappa shape index (κ3) is 2.13. The number of hydrogen-bond acceptors (Lipinski definition) is 4. The number of oxazole rings is 1. The molecule has 1 aromatic rings. The van der Waals surface area contributed by atoms with Crippen LogP contribution in [0.5, 0.6) is 0 Å². The van der Waals surface area contributed by atoms with E-state index in [-0.39, 0.29) is 6.04 Å². The van der Waals surface area contributed by atoms with Gasteiger partial charge in [0.15, 0.2) is 5.89 Å². The third-order valence-electron chi connectivity index (χ3n) is 2.37. The van der Waals surface area contributed by atoms with E-state index in [1.165, 1.54) is 0 Å². The molecule has 1 fully saturated rings. The lowest BCUT2D eigenvalue weighted by Gasteiger charge is -2.02. The maximum absolute atomic E-state index is 5.67. The molecule has 1 aliphatic heterocycles. The van der Waals surface area contributed by atoms with E-state index in [0.717, 1.165) is 37.7 Å². The summed E-state index contributed by atoms with van der Waals surface area (Å²) in [5.41, 5.74) is 5.67. The van der Waals surface area contributed by atoms with Crippen LogP contribution in [0.15, 0.2) is 10.6 Å². The molecule has 0 aromatic carbocycles. The zero-order chi connectivity index (χ0) is 9.97. The molecule has 78 valence electrons. The van der Waals surface area contributed by atoms with Crippen molar-refractivity contribution < 1.29 is 9.15 Å². The Balaban J connectivity index is 2.01. The molecule has 1 aliphatic rings. The van der Waals surface area contributed by atoms with E-state index in [4.69, 9.17) is 14.9 Å². The minimum Gasteiger partial charge on any atom is -0.445 e. The van der Waals surface area contributed by atoms with Crippen LogP contribution < -0.4 is 5.73 Å². The van der Waals surface area contributed by atoms with E-state index < -0.39 is 0 Å². The van der Waals surface area contributed by atoms with Gasteiger partial charge in [-0.25, -0.2) is 4.98 Å². The Morgan fingerprint density at radius 3 is 3.21 bits per heavy atom. The van der Waals surface area contributed by atoms with Crippen LogP contribution in [0.2, 0.25) is 0 Å². The van der Waals surface area contributed by atoms with Crippen LogP contribution in [-0.2, 0) is 11.2 Å². The molecule has 4 heteroatoms. The molecule has 0 amide bonds. The van der Waals surface area contributed by atoms with Gasteiger partial charge in [0, 0.05) is 19.1 Å². The standard InChI is InChI=1S/C10H16N2O2/c1-7(11)4-9-5-12-10(14-9)8-2-3-13-6-8/h5,7-8H,2-4,6,11H2,1H3. The van der Waals surface area contributed by atoms with Gasteiger partial charge in [0.25, 0.3) is 0 Å². The van der Waals surface area contributed by atoms with Gasteiger partial charge in [-0.2, -0.15) is 0 Å². The number of nitrogens with two attached hydrogens (primary N) is 1. The Morgan fingerprint density at radius 2 is 2.57 bits per heavy atom. The number of hydrogen-bond donors (Lipinski definition) is 1. The fraction of sp³-hybridized carbons (Fsp3) is 0.700. The minimum atomic E-state index is 0.121. The molecule has 1 saturated heterocycles. The van der Waals surface area contributed by atoms with Gasteiger partial charge in [0.2, 0.25) is 0 Å². The van der Waals surface area contributed by atoms with Crippen LogP contribution >= 0.6 is 0 Å². The molecular weight excluding hydrogens is 180 g/mol. The summed E-state index contributed by atoms with van der Waals surface area (Å²) in [6, 6.07) is 0.121. The third-order valence-corrected chi connectivity index (χ3v) is 2.37. The topological polar surface area (TPSA) is 61.3 Å². The molecule has 2 N–H and O–H groups in total. The maximum atomic E-state index is 5.67. The second-order valence-electron chi connectivity index (χ2n) is 3.91. The summed E-state index contributed by atoms with van der Waals surface area (Å²) in [4.78, 5) is 4.25. The summed E-state index contributed by atoms with van der Waals surface area (Å²) in [6.07, 6.45) is 3.54. The summed E-state index contributed by atoms with van der Waals surface area (Å²) < 4.78 is 10.9. The molecule has 2 rings (SSSR count). The largest absolute Gasteiger partial charge is 0.445 e. The number of aromatic nitrogens is 1. The molecule has 2 unspecified atom stereocenters. The van der Waals surface area contributed by atoms with Crippen LogP contribution in [0.3, 0.4) is 0 Å². The Labute approximate surface area is 83.4 Å². The predicted molar refractivity (Wildman–Crippen MR) is 52.0 cm³/mol. The SMILES string of the molecule is CC(N)Cc1cnc(C2CCOC2)o1. The van der Waals surface area contributed by atoms with Gasteiger partial charge in [0.05, 0.1) is 18.7 Å². The van der Waals surface area contributed by atoms with Crippen molar-refractivity contribution in [3.63, 3.8) is 0 Å². The number of rotatable bonds is 3. The van der Waals surface area contributed by atoms with Gasteiger partial charge in [-0.05, 0) is 13.3 Å². The van der Waals surface area contributed by atoms with Crippen molar-refractivity contribution in [2.75, 3.05) is 13.2 Å². The van der Waals surface area contributed by atoms with Crippen LogP contribution in [0.4, 0.5) is 0 Å². The molecule has 0 bridgehead atoms. The lowest BCUT2D eigenvalue weighted by atomic mass is 10.1. The predicted octanol–water partition coefficient (Wildman–Crippen LogP) is 1.07. The Kier molecular flexibility index (Phi) is 2.84. The van der Waals surface area contributed by atoms with Crippen molar-refractivity contribution in [2.45, 2.75) is 31.7 Å². The summed E-state index contributed by atoms with van der Waals surface area (Å²) in [5.74, 6) is 2.02. The van der Waals surface area contributed by atoms with E-state index in [1.54, 1.807) is 6.20 Å². The van der Waals surface area contributed by atoms with Gasteiger partial charge in [-0.1, -0.05) is 0 Å². The van der Waals surface area contributed by atoms with Gasteiger partial charge in [0.1, 0.15) is 5.76 Å². The highest BCUT2D eigenvalue weighted by atomic mass is 16.5. The average molecular weight is 196 g/mol. The summed E-state index contributed by atoms with van der Waals surface area (Å²) in [6.45, 7) is 3.51. The van der Waals surface area contributed by atoms with Gasteiger partial charge >= 0.3 is 0 Å². The zero-order valence-corrected chi connectivity index (χ0v) is 8.40. The molecule has 14 heavy (non-hydrogen) atoms. The highest BCUT2D eigenvalue weighted by molar-refractivity contribution is 5.01. The normalized spacial score (nSPS) is 24.0. The first-order valence-corrected chi connectivity index (χ1v) is 5.03. The monoisotopic (exact) mass is 196 g/mol. The van der Waals surface area contributed by atoms with E-state index >= 15 is 0 Å². The average Bonchev–Trinajstić information content (AvgIpc) is 2.69. The first-order valence-electron chi connectivity index (χ1n) is 5.03. The van der Waals surface area contributed by atoms with Crippen molar-refractivity contribution in [2.24, 2.45) is 5.73 Å². The molecule has 0 aliphatic carbocycles. The van der Waals surface area contributed by atoms with Crippen LogP contribution in [0, 0.1) is 0 Å². The Hall–Kier alpha value is -0.870. The Bertz CT molecular complexity index is 290. The molecule has 2 atom stereocenters. The summed E-state index contributed by atoms with van der Waals surface area (Å²) >= 11 is 0. The zero-order valence-electron chi connectivity index (χ0n) is 8.40. The number of ether oxygens (including phenoxy) is 1. The van der Waals surface area contributed by atoms with Crippen molar-refractivity contribution in [1.82, 2.24) is 4.98 Å². The second-order valence-corrected chi connectivity index (χ2v) is 3.91. The van der Waals surface area contributed by atoms with Crippen molar-refractivity contribution in [3.05, 3.63) is 17.8 Å². The highest BCUT2D eigenvalue weighted by Crippen LogP contribution is 2.24. The second kappa shape index (κ2) is 4.11. The maximum Gasteiger partial charge on any atom is 0.199 e. The fourth-order valence-corrected chi connectivity index (χ4v) is 1.65.